The Hall–Kier alpha value is -2.94. The van der Waals surface area contributed by atoms with E-state index in [1.165, 1.54) is 35.0 Å². The number of aromatic nitrogens is 1. The summed E-state index contributed by atoms with van der Waals surface area (Å²) in [7, 11) is -3.46. The van der Waals surface area contributed by atoms with Gasteiger partial charge in [0.25, 0.3) is 17.4 Å². The van der Waals surface area contributed by atoms with Gasteiger partial charge in [0.2, 0.25) is 0 Å². The molecule has 0 bridgehead atoms. The summed E-state index contributed by atoms with van der Waals surface area (Å²) in [5.74, 6) is -1.25. The molecular formula is C16H17N3O5S. The summed E-state index contributed by atoms with van der Waals surface area (Å²) < 4.78 is 24.4. The number of hydrogen-bond acceptors (Lipinski definition) is 5. The zero-order chi connectivity index (χ0) is 18.6. The molecule has 0 aliphatic heterocycles. The van der Waals surface area contributed by atoms with Crippen molar-refractivity contribution in [1.29, 1.82) is 0 Å². The number of carbonyl (C=O) groups is 2. The number of aryl methyl sites for hydroxylation is 1. The van der Waals surface area contributed by atoms with E-state index in [9.17, 15) is 22.8 Å². The number of sulfone groups is 1. The fourth-order valence-corrected chi connectivity index (χ4v) is 2.70. The minimum absolute atomic E-state index is 0.00501. The third-order valence-electron chi connectivity index (χ3n) is 3.41. The Balaban J connectivity index is 2.06. The van der Waals surface area contributed by atoms with Gasteiger partial charge in [-0.3, -0.25) is 25.2 Å². The van der Waals surface area contributed by atoms with Gasteiger partial charge in [-0.2, -0.15) is 0 Å². The SMILES string of the molecule is Cc1ccc(S(C)(=O)=O)cc1C(=O)NNC(=O)Cn1ccccc1=O. The molecule has 9 heteroatoms. The molecule has 0 saturated heterocycles. The van der Waals surface area contributed by atoms with Crippen LogP contribution in [0.25, 0.3) is 0 Å². The smallest absolute Gasteiger partial charge is 0.269 e. The summed E-state index contributed by atoms with van der Waals surface area (Å²) in [6.07, 6.45) is 2.49. The van der Waals surface area contributed by atoms with E-state index in [1.54, 1.807) is 19.1 Å². The summed E-state index contributed by atoms with van der Waals surface area (Å²) >= 11 is 0. The van der Waals surface area contributed by atoms with Crippen LogP contribution in [0.5, 0.6) is 0 Å². The monoisotopic (exact) mass is 363 g/mol. The largest absolute Gasteiger partial charge is 0.306 e. The van der Waals surface area contributed by atoms with E-state index in [-0.39, 0.29) is 22.6 Å². The fraction of sp³-hybridized carbons (Fsp3) is 0.188. The van der Waals surface area contributed by atoms with Crippen molar-refractivity contribution in [2.75, 3.05) is 6.26 Å². The number of rotatable bonds is 4. The Labute approximate surface area is 144 Å². The number of benzene rings is 1. The molecule has 1 aromatic heterocycles. The van der Waals surface area contributed by atoms with Gasteiger partial charge < -0.3 is 4.57 Å². The van der Waals surface area contributed by atoms with Crippen LogP contribution in [0.2, 0.25) is 0 Å². The van der Waals surface area contributed by atoms with Crippen LogP contribution < -0.4 is 16.4 Å². The molecule has 132 valence electrons. The zero-order valence-electron chi connectivity index (χ0n) is 13.6. The predicted molar refractivity (Wildman–Crippen MR) is 90.6 cm³/mol. The Bertz CT molecular complexity index is 979. The van der Waals surface area contributed by atoms with Crippen LogP contribution in [0, 0.1) is 6.92 Å². The van der Waals surface area contributed by atoms with Gasteiger partial charge in [-0.15, -0.1) is 0 Å². The molecule has 0 spiro atoms. The third-order valence-corrected chi connectivity index (χ3v) is 4.52. The summed E-state index contributed by atoms with van der Waals surface area (Å²) in [5, 5.41) is 0. The van der Waals surface area contributed by atoms with Gasteiger partial charge in [-0.1, -0.05) is 12.1 Å². The van der Waals surface area contributed by atoms with Crippen LogP contribution in [0.3, 0.4) is 0 Å². The maximum absolute atomic E-state index is 12.2. The zero-order valence-corrected chi connectivity index (χ0v) is 14.5. The summed E-state index contributed by atoms with van der Waals surface area (Å²) in [4.78, 5) is 35.5. The van der Waals surface area contributed by atoms with E-state index in [1.807, 2.05) is 0 Å². The number of hydrazine groups is 1. The summed E-state index contributed by atoms with van der Waals surface area (Å²) in [5.41, 5.74) is 4.74. The molecule has 1 aromatic carbocycles. The maximum atomic E-state index is 12.2. The van der Waals surface area contributed by atoms with Crippen molar-refractivity contribution < 1.29 is 18.0 Å². The second-order valence-electron chi connectivity index (χ2n) is 5.42. The second kappa shape index (κ2) is 7.31. The van der Waals surface area contributed by atoms with E-state index in [2.05, 4.69) is 10.9 Å². The van der Waals surface area contributed by atoms with Crippen LogP contribution in [0.1, 0.15) is 15.9 Å². The number of pyridine rings is 1. The first kappa shape index (κ1) is 18.4. The first-order valence-electron chi connectivity index (χ1n) is 7.24. The Morgan fingerprint density at radius 1 is 1.12 bits per heavy atom. The van der Waals surface area contributed by atoms with E-state index in [0.29, 0.717) is 5.56 Å². The third kappa shape index (κ3) is 4.77. The fourth-order valence-electron chi connectivity index (χ4n) is 2.06. The van der Waals surface area contributed by atoms with Gasteiger partial charge in [0, 0.05) is 24.1 Å². The minimum Gasteiger partial charge on any atom is -0.306 e. The van der Waals surface area contributed by atoms with Crippen LogP contribution in [-0.2, 0) is 21.2 Å². The highest BCUT2D eigenvalue weighted by molar-refractivity contribution is 7.90. The molecule has 0 saturated carbocycles. The van der Waals surface area contributed by atoms with Crippen molar-refractivity contribution in [2.24, 2.45) is 0 Å². The molecule has 2 N–H and O–H groups in total. The number of hydrogen-bond donors (Lipinski definition) is 2. The summed E-state index contributed by atoms with van der Waals surface area (Å²) in [6.45, 7) is 1.38. The van der Waals surface area contributed by atoms with Gasteiger partial charge in [0.15, 0.2) is 9.84 Å². The van der Waals surface area contributed by atoms with E-state index >= 15 is 0 Å². The maximum Gasteiger partial charge on any atom is 0.269 e. The van der Waals surface area contributed by atoms with Crippen molar-refractivity contribution in [3.05, 3.63) is 64.1 Å². The van der Waals surface area contributed by atoms with Crippen molar-refractivity contribution >= 4 is 21.7 Å². The average Bonchev–Trinajstić information content (AvgIpc) is 2.54. The van der Waals surface area contributed by atoms with Crippen LogP contribution in [0.15, 0.2) is 52.3 Å². The predicted octanol–water partition coefficient (Wildman–Crippen LogP) is 0.0214. The molecule has 25 heavy (non-hydrogen) atoms. The van der Waals surface area contributed by atoms with E-state index in [4.69, 9.17) is 0 Å². The number of nitrogens with one attached hydrogen (secondary N) is 2. The minimum atomic E-state index is -3.46. The highest BCUT2D eigenvalue weighted by Gasteiger charge is 2.15. The van der Waals surface area contributed by atoms with Gasteiger partial charge >= 0.3 is 0 Å². The standard InChI is InChI=1S/C16H17N3O5S/c1-11-6-7-12(25(2,23)24)9-13(11)16(22)18-17-14(20)10-19-8-4-3-5-15(19)21/h3-9H,10H2,1-2H3,(H,17,20)(H,18,22). The molecule has 0 fully saturated rings. The molecule has 2 aromatic rings. The molecule has 0 atom stereocenters. The van der Waals surface area contributed by atoms with Gasteiger partial charge in [-0.25, -0.2) is 8.42 Å². The number of carbonyl (C=O) groups excluding carboxylic acids is 2. The van der Waals surface area contributed by atoms with Crippen LogP contribution in [-0.4, -0.2) is 31.1 Å². The highest BCUT2D eigenvalue weighted by atomic mass is 32.2. The Morgan fingerprint density at radius 2 is 1.84 bits per heavy atom. The summed E-state index contributed by atoms with van der Waals surface area (Å²) in [6, 6.07) is 8.63. The first-order valence-corrected chi connectivity index (χ1v) is 9.13. The van der Waals surface area contributed by atoms with Gasteiger partial charge in [0.1, 0.15) is 6.54 Å². The average molecular weight is 363 g/mol. The molecular weight excluding hydrogens is 346 g/mol. The Kier molecular flexibility index (Phi) is 5.38. The Morgan fingerprint density at radius 3 is 2.48 bits per heavy atom. The lowest BCUT2D eigenvalue weighted by Gasteiger charge is -2.11. The lowest BCUT2D eigenvalue weighted by Crippen LogP contribution is -2.44. The van der Waals surface area contributed by atoms with Gasteiger partial charge in [0.05, 0.1) is 4.90 Å². The lowest BCUT2D eigenvalue weighted by molar-refractivity contribution is -0.122. The van der Waals surface area contributed by atoms with Crippen molar-refractivity contribution in [2.45, 2.75) is 18.4 Å². The first-order chi connectivity index (χ1) is 11.7. The van der Waals surface area contributed by atoms with Gasteiger partial charge in [-0.05, 0) is 30.7 Å². The van der Waals surface area contributed by atoms with Crippen molar-refractivity contribution in [3.63, 3.8) is 0 Å². The van der Waals surface area contributed by atoms with E-state index in [0.717, 1.165) is 6.26 Å². The van der Waals surface area contributed by atoms with Crippen molar-refractivity contribution in [3.8, 4) is 0 Å². The van der Waals surface area contributed by atoms with E-state index < -0.39 is 21.7 Å². The number of amides is 2. The number of nitrogens with zero attached hydrogens (tertiary/aromatic N) is 1. The molecule has 0 aliphatic carbocycles. The molecule has 0 radical (unpaired) electrons. The molecule has 0 aliphatic rings. The molecule has 2 rings (SSSR count). The van der Waals surface area contributed by atoms with Crippen molar-refractivity contribution in [1.82, 2.24) is 15.4 Å². The second-order valence-corrected chi connectivity index (χ2v) is 7.43. The molecule has 2 amide bonds. The molecule has 0 unspecified atom stereocenters. The lowest BCUT2D eigenvalue weighted by atomic mass is 10.1. The topological polar surface area (TPSA) is 114 Å². The normalized spacial score (nSPS) is 11.0. The van der Waals surface area contributed by atoms with Crippen LogP contribution in [0.4, 0.5) is 0 Å². The molecule has 8 nitrogen and oxygen atoms in total. The molecule has 1 heterocycles. The van der Waals surface area contributed by atoms with Crippen LogP contribution >= 0.6 is 0 Å². The quantitative estimate of drug-likeness (QED) is 0.744. The highest BCUT2D eigenvalue weighted by Crippen LogP contribution is 2.15.